The molecule has 2 aliphatic heterocycles. The van der Waals surface area contributed by atoms with Gasteiger partial charge in [0.2, 0.25) is 11.8 Å². The number of amides is 3. The van der Waals surface area contributed by atoms with Crippen LogP contribution in [0.5, 0.6) is 0 Å². The molecule has 4 aliphatic rings. The summed E-state index contributed by atoms with van der Waals surface area (Å²) in [5.41, 5.74) is 7.49. The highest BCUT2D eigenvalue weighted by atomic mass is 16.5. The first-order chi connectivity index (χ1) is 17.8. The van der Waals surface area contributed by atoms with Crippen LogP contribution in [0.15, 0.2) is 35.5 Å². The predicted octanol–water partition coefficient (Wildman–Crippen LogP) is 2.87. The summed E-state index contributed by atoms with van der Waals surface area (Å²) in [5.74, 6) is 0.309. The first-order valence-electron chi connectivity index (χ1n) is 13.4. The number of nitrogens with two attached hydrogens (primary N) is 1. The number of carbonyl (C=O) groups excluding carboxylic acids is 3. The maximum atomic E-state index is 13.7. The Labute approximate surface area is 217 Å². The molecule has 5 N–H and O–H groups in total. The van der Waals surface area contributed by atoms with E-state index in [1.165, 1.54) is 12.3 Å². The maximum Gasteiger partial charge on any atom is 0.270 e. The molecule has 1 atom stereocenters. The number of fused-ring (bicyclic) bond motifs is 2. The lowest BCUT2D eigenvalue weighted by Crippen LogP contribution is -2.51. The standard InChI is InChI=1S/C28H37N5O4/c1-16(2)30-21(9-12-29)25(34)33-24(23(17-3-4-17)18-5-6-18)26(35)31-19-7-8-20-22(15-19)32-27(36)28(20)10-13-37-14-11-28/h7-9,12,15-18,23-24H,3-6,10-11,13-14,29H2,1-2H3,(H,31,35)(H,32,36)(H,33,34). The number of rotatable bonds is 9. The lowest BCUT2D eigenvalue weighted by Gasteiger charge is -2.31. The van der Waals surface area contributed by atoms with E-state index in [-0.39, 0.29) is 29.5 Å². The van der Waals surface area contributed by atoms with Gasteiger partial charge in [-0.3, -0.25) is 19.4 Å². The number of nitrogens with one attached hydrogen (secondary N) is 3. The quantitative estimate of drug-likeness (QED) is 0.381. The van der Waals surface area contributed by atoms with Crippen molar-refractivity contribution in [3.63, 3.8) is 0 Å². The summed E-state index contributed by atoms with van der Waals surface area (Å²) in [6.45, 7) is 4.88. The van der Waals surface area contributed by atoms with Crippen LogP contribution in [0.4, 0.5) is 11.4 Å². The van der Waals surface area contributed by atoms with Gasteiger partial charge in [-0.15, -0.1) is 0 Å². The van der Waals surface area contributed by atoms with E-state index in [2.05, 4.69) is 20.9 Å². The third kappa shape index (κ3) is 5.28. The van der Waals surface area contributed by atoms with Crippen LogP contribution in [0, 0.1) is 17.8 Å². The summed E-state index contributed by atoms with van der Waals surface area (Å²) < 4.78 is 5.49. The van der Waals surface area contributed by atoms with Crippen LogP contribution in [0.2, 0.25) is 0 Å². The lowest BCUT2D eigenvalue weighted by molar-refractivity contribution is -0.124. The molecule has 5 rings (SSSR count). The Kier molecular flexibility index (Phi) is 7.07. The molecule has 1 aromatic carbocycles. The number of hydrogen-bond acceptors (Lipinski definition) is 6. The molecule has 3 amide bonds. The number of anilines is 2. The summed E-state index contributed by atoms with van der Waals surface area (Å²) in [7, 11) is 0. The highest BCUT2D eigenvalue weighted by Gasteiger charge is 2.49. The molecule has 1 saturated heterocycles. The van der Waals surface area contributed by atoms with E-state index in [0.717, 1.165) is 36.9 Å². The van der Waals surface area contributed by atoms with E-state index in [1.54, 1.807) is 0 Å². The fourth-order valence-electron chi connectivity index (χ4n) is 5.93. The van der Waals surface area contributed by atoms with Gasteiger partial charge in [0.15, 0.2) is 0 Å². The second-order valence-electron chi connectivity index (χ2n) is 11.1. The van der Waals surface area contributed by atoms with Crippen LogP contribution < -0.4 is 21.7 Å². The van der Waals surface area contributed by atoms with E-state index in [1.807, 2.05) is 32.0 Å². The van der Waals surface area contributed by atoms with Gasteiger partial charge in [0.05, 0.1) is 5.41 Å². The second-order valence-corrected chi connectivity index (χ2v) is 11.1. The highest BCUT2D eigenvalue weighted by molar-refractivity contribution is 6.43. The third-order valence-corrected chi connectivity index (χ3v) is 8.00. The molecule has 0 bridgehead atoms. The molecule has 37 heavy (non-hydrogen) atoms. The number of carbonyl (C=O) groups is 3. The molecule has 1 aromatic rings. The number of ether oxygens (including phenoxy) is 1. The Morgan fingerprint density at radius 3 is 2.43 bits per heavy atom. The van der Waals surface area contributed by atoms with Crippen LogP contribution >= 0.6 is 0 Å². The average molecular weight is 508 g/mol. The lowest BCUT2D eigenvalue weighted by atomic mass is 9.75. The van der Waals surface area contributed by atoms with Gasteiger partial charge < -0.3 is 26.4 Å². The molecule has 2 aliphatic carbocycles. The molecule has 0 radical (unpaired) electrons. The van der Waals surface area contributed by atoms with E-state index in [9.17, 15) is 14.4 Å². The first-order valence-corrected chi connectivity index (χ1v) is 13.4. The molecule has 198 valence electrons. The maximum absolute atomic E-state index is 13.7. The van der Waals surface area contributed by atoms with Gasteiger partial charge in [-0.05, 0) is 100 Å². The van der Waals surface area contributed by atoms with Crippen molar-refractivity contribution in [2.75, 3.05) is 23.8 Å². The zero-order chi connectivity index (χ0) is 26.2. The molecular weight excluding hydrogens is 470 g/mol. The number of hydrogen-bond donors (Lipinski definition) is 4. The van der Waals surface area contributed by atoms with Gasteiger partial charge >= 0.3 is 0 Å². The second kappa shape index (κ2) is 10.3. The molecule has 0 aromatic heterocycles. The summed E-state index contributed by atoms with van der Waals surface area (Å²) in [6, 6.07) is 4.83. The Morgan fingerprint density at radius 1 is 1.16 bits per heavy atom. The van der Waals surface area contributed by atoms with Crippen LogP contribution in [-0.4, -0.2) is 48.7 Å². The molecule has 9 heteroatoms. The van der Waals surface area contributed by atoms with Crippen molar-refractivity contribution in [3.05, 3.63) is 36.0 Å². The molecule has 2 saturated carbocycles. The average Bonchev–Trinajstić information content (AvgIpc) is 3.79. The monoisotopic (exact) mass is 507 g/mol. The number of benzene rings is 1. The minimum Gasteiger partial charge on any atom is -0.405 e. The van der Waals surface area contributed by atoms with Gasteiger partial charge in [0.25, 0.3) is 5.91 Å². The van der Waals surface area contributed by atoms with E-state index >= 15 is 0 Å². The van der Waals surface area contributed by atoms with Crippen molar-refractivity contribution in [2.24, 2.45) is 28.5 Å². The Morgan fingerprint density at radius 2 is 1.84 bits per heavy atom. The van der Waals surface area contributed by atoms with Crippen molar-refractivity contribution >= 4 is 34.8 Å². The number of nitrogens with zero attached hydrogens (tertiary/aromatic N) is 1. The zero-order valence-corrected chi connectivity index (χ0v) is 21.6. The minimum absolute atomic E-state index is 0.00752. The van der Waals surface area contributed by atoms with Gasteiger partial charge in [0, 0.05) is 30.6 Å². The Hall–Kier alpha value is -3.20. The largest absolute Gasteiger partial charge is 0.405 e. The van der Waals surface area contributed by atoms with Crippen molar-refractivity contribution in [1.82, 2.24) is 5.32 Å². The minimum atomic E-state index is -0.680. The summed E-state index contributed by atoms with van der Waals surface area (Å²) >= 11 is 0. The fourth-order valence-corrected chi connectivity index (χ4v) is 5.93. The summed E-state index contributed by atoms with van der Waals surface area (Å²) in [5, 5.41) is 9.04. The highest BCUT2D eigenvalue weighted by Crippen LogP contribution is 2.51. The van der Waals surface area contributed by atoms with Crippen molar-refractivity contribution in [3.8, 4) is 0 Å². The van der Waals surface area contributed by atoms with Gasteiger partial charge in [-0.25, -0.2) is 0 Å². The predicted molar refractivity (Wildman–Crippen MR) is 142 cm³/mol. The van der Waals surface area contributed by atoms with Crippen molar-refractivity contribution in [1.29, 1.82) is 0 Å². The van der Waals surface area contributed by atoms with Crippen molar-refractivity contribution < 1.29 is 19.1 Å². The Bertz CT molecular complexity index is 1120. The molecule has 3 fully saturated rings. The molecule has 1 spiro atoms. The smallest absolute Gasteiger partial charge is 0.270 e. The van der Waals surface area contributed by atoms with E-state index in [0.29, 0.717) is 43.6 Å². The fraction of sp³-hybridized carbons (Fsp3) is 0.571. The first kappa shape index (κ1) is 25.4. The van der Waals surface area contributed by atoms with Crippen LogP contribution in [-0.2, 0) is 24.5 Å². The van der Waals surface area contributed by atoms with E-state index < -0.39 is 17.4 Å². The number of aliphatic imine (C=N–C) groups is 1. The normalized spacial score (nSPS) is 21.8. The zero-order valence-electron chi connectivity index (χ0n) is 21.6. The van der Waals surface area contributed by atoms with Crippen LogP contribution in [0.25, 0.3) is 0 Å². The Balaban J connectivity index is 1.37. The van der Waals surface area contributed by atoms with E-state index in [4.69, 9.17) is 10.5 Å². The molecular formula is C28H37N5O4. The summed E-state index contributed by atoms with van der Waals surface area (Å²) in [6.07, 6.45) is 8.36. The molecule has 9 nitrogen and oxygen atoms in total. The topological polar surface area (TPSA) is 135 Å². The van der Waals surface area contributed by atoms with Gasteiger partial charge in [0.1, 0.15) is 11.8 Å². The van der Waals surface area contributed by atoms with Crippen molar-refractivity contribution in [2.45, 2.75) is 69.9 Å². The van der Waals surface area contributed by atoms with Gasteiger partial charge in [-0.2, -0.15) is 0 Å². The molecule has 2 heterocycles. The van der Waals surface area contributed by atoms with Crippen LogP contribution in [0.3, 0.4) is 0 Å². The van der Waals surface area contributed by atoms with Crippen LogP contribution in [0.1, 0.15) is 57.9 Å². The SMILES string of the molecule is CC(C)N=C(C=CN)C(=O)NC(C(=O)Nc1ccc2c(c1)NC(=O)C21CCOCC1)C(C1CC1)C1CC1. The van der Waals surface area contributed by atoms with Gasteiger partial charge in [-0.1, -0.05) is 6.07 Å². The summed E-state index contributed by atoms with van der Waals surface area (Å²) in [4.78, 5) is 44.2. The molecule has 1 unspecified atom stereocenters. The third-order valence-electron chi connectivity index (χ3n) is 8.00.